The van der Waals surface area contributed by atoms with Crippen LogP contribution in [0.2, 0.25) is 0 Å². The number of hydrogen-bond donors (Lipinski definition) is 1. The molecule has 2 aromatic rings. The van der Waals surface area contributed by atoms with E-state index in [-0.39, 0.29) is 18.1 Å². The molecule has 0 saturated carbocycles. The summed E-state index contributed by atoms with van der Waals surface area (Å²) in [5.74, 6) is -1.26. The predicted octanol–water partition coefficient (Wildman–Crippen LogP) is 2.64. The van der Waals surface area contributed by atoms with Crippen molar-refractivity contribution < 1.29 is 18.6 Å². The van der Waals surface area contributed by atoms with Crippen molar-refractivity contribution in [2.45, 2.75) is 6.61 Å². The third kappa shape index (κ3) is 2.57. The first-order valence-corrected chi connectivity index (χ1v) is 4.87. The van der Waals surface area contributed by atoms with Gasteiger partial charge in [-0.2, -0.15) is 0 Å². The molecule has 0 aliphatic rings. The molecular weight excluding hydrogens is 228 g/mol. The van der Waals surface area contributed by atoms with Crippen LogP contribution in [-0.2, 0) is 6.61 Å². The van der Waals surface area contributed by atoms with Crippen molar-refractivity contribution in [1.82, 2.24) is 4.98 Å². The van der Waals surface area contributed by atoms with Gasteiger partial charge in [0, 0.05) is 24.0 Å². The molecule has 0 fully saturated rings. The average molecular weight is 237 g/mol. The smallest absolute Gasteiger partial charge is 0.165 e. The molecule has 0 amide bonds. The van der Waals surface area contributed by atoms with Crippen LogP contribution in [0.1, 0.15) is 5.56 Å². The van der Waals surface area contributed by atoms with Crippen LogP contribution in [0.3, 0.4) is 0 Å². The van der Waals surface area contributed by atoms with Gasteiger partial charge >= 0.3 is 0 Å². The first-order valence-electron chi connectivity index (χ1n) is 4.87. The van der Waals surface area contributed by atoms with Crippen LogP contribution in [0.4, 0.5) is 8.78 Å². The molecule has 0 aliphatic carbocycles. The van der Waals surface area contributed by atoms with Crippen molar-refractivity contribution in [3.8, 4) is 11.5 Å². The molecule has 1 aromatic heterocycles. The number of rotatable bonds is 3. The Morgan fingerprint density at radius 1 is 1.18 bits per heavy atom. The second kappa shape index (κ2) is 4.88. The molecule has 1 heterocycles. The van der Waals surface area contributed by atoms with E-state index in [1.54, 1.807) is 0 Å². The monoisotopic (exact) mass is 237 g/mol. The average Bonchev–Trinajstić information content (AvgIpc) is 2.34. The van der Waals surface area contributed by atoms with Crippen LogP contribution >= 0.6 is 0 Å². The molecule has 17 heavy (non-hydrogen) atoms. The third-order valence-corrected chi connectivity index (χ3v) is 2.14. The van der Waals surface area contributed by atoms with Crippen molar-refractivity contribution in [2.24, 2.45) is 0 Å². The lowest BCUT2D eigenvalue weighted by Gasteiger charge is -2.09. The molecule has 0 unspecified atom stereocenters. The summed E-state index contributed by atoms with van der Waals surface area (Å²) in [6.45, 7) is -0.292. The number of nitrogens with zero attached hydrogens (tertiary/aromatic N) is 1. The van der Waals surface area contributed by atoms with Gasteiger partial charge in [-0.05, 0) is 18.2 Å². The molecule has 0 bridgehead atoms. The van der Waals surface area contributed by atoms with Gasteiger partial charge in [-0.15, -0.1) is 0 Å². The summed E-state index contributed by atoms with van der Waals surface area (Å²) in [7, 11) is 0. The van der Waals surface area contributed by atoms with E-state index in [0.717, 1.165) is 18.2 Å². The Morgan fingerprint density at radius 2 is 2.00 bits per heavy atom. The molecule has 2 rings (SSSR count). The van der Waals surface area contributed by atoms with Crippen molar-refractivity contribution in [1.29, 1.82) is 0 Å². The van der Waals surface area contributed by atoms with Crippen LogP contribution in [0.15, 0.2) is 36.7 Å². The van der Waals surface area contributed by atoms with E-state index in [1.165, 1.54) is 18.5 Å². The number of hydrogen-bond acceptors (Lipinski definition) is 3. The normalized spacial score (nSPS) is 10.3. The SMILES string of the molecule is OCc1cnccc1Oc1cc(F)ccc1F. The minimum absolute atomic E-state index is 0.231. The number of aliphatic hydroxyl groups is 1. The van der Waals surface area contributed by atoms with Crippen molar-refractivity contribution >= 4 is 0 Å². The maximum atomic E-state index is 13.3. The fraction of sp³-hybridized carbons (Fsp3) is 0.0833. The maximum absolute atomic E-state index is 13.3. The Hall–Kier alpha value is -2.01. The lowest BCUT2D eigenvalue weighted by Crippen LogP contribution is -1.95. The molecular formula is C12H9F2NO2. The lowest BCUT2D eigenvalue weighted by molar-refractivity contribution is 0.275. The number of pyridine rings is 1. The van der Waals surface area contributed by atoms with E-state index in [1.807, 2.05) is 0 Å². The number of halogens is 2. The minimum atomic E-state index is -0.674. The van der Waals surface area contributed by atoms with Crippen LogP contribution in [0.25, 0.3) is 0 Å². The van der Waals surface area contributed by atoms with Crippen LogP contribution in [-0.4, -0.2) is 10.1 Å². The quantitative estimate of drug-likeness (QED) is 0.892. The summed E-state index contributed by atoms with van der Waals surface area (Å²) in [5.41, 5.74) is 0.399. The topological polar surface area (TPSA) is 42.4 Å². The van der Waals surface area contributed by atoms with E-state index in [0.29, 0.717) is 5.56 Å². The molecule has 1 N–H and O–H groups in total. The largest absolute Gasteiger partial charge is 0.454 e. The Morgan fingerprint density at radius 3 is 2.76 bits per heavy atom. The van der Waals surface area contributed by atoms with Crippen molar-refractivity contribution in [2.75, 3.05) is 0 Å². The third-order valence-electron chi connectivity index (χ3n) is 2.14. The van der Waals surface area contributed by atoms with E-state index in [9.17, 15) is 8.78 Å². The van der Waals surface area contributed by atoms with Gasteiger partial charge < -0.3 is 9.84 Å². The first-order chi connectivity index (χ1) is 8.20. The summed E-state index contributed by atoms with van der Waals surface area (Å²) in [5, 5.41) is 9.03. The zero-order valence-electron chi connectivity index (χ0n) is 8.73. The number of ether oxygens (including phenoxy) is 1. The molecule has 0 spiro atoms. The van der Waals surface area contributed by atoms with E-state index in [4.69, 9.17) is 9.84 Å². The van der Waals surface area contributed by atoms with Crippen LogP contribution in [0, 0.1) is 11.6 Å². The molecule has 0 aliphatic heterocycles. The fourth-order valence-electron chi connectivity index (χ4n) is 1.31. The second-order valence-corrected chi connectivity index (χ2v) is 3.32. The highest BCUT2D eigenvalue weighted by Gasteiger charge is 2.09. The van der Waals surface area contributed by atoms with Crippen LogP contribution < -0.4 is 4.74 Å². The predicted molar refractivity (Wildman–Crippen MR) is 56.6 cm³/mol. The zero-order chi connectivity index (χ0) is 12.3. The maximum Gasteiger partial charge on any atom is 0.165 e. The van der Waals surface area contributed by atoms with Gasteiger partial charge in [-0.3, -0.25) is 4.98 Å². The van der Waals surface area contributed by atoms with E-state index in [2.05, 4.69) is 4.98 Å². The summed E-state index contributed by atoms with van der Waals surface area (Å²) >= 11 is 0. The molecule has 0 radical (unpaired) electrons. The Labute approximate surface area is 96.3 Å². The van der Waals surface area contributed by atoms with Gasteiger partial charge in [0.1, 0.15) is 11.6 Å². The summed E-state index contributed by atoms with van der Waals surface area (Å²) in [4.78, 5) is 3.79. The lowest BCUT2D eigenvalue weighted by atomic mass is 10.2. The number of aliphatic hydroxyl groups excluding tert-OH is 1. The highest BCUT2D eigenvalue weighted by atomic mass is 19.1. The Bertz CT molecular complexity index is 532. The van der Waals surface area contributed by atoms with Crippen LogP contribution in [0.5, 0.6) is 11.5 Å². The fourth-order valence-corrected chi connectivity index (χ4v) is 1.31. The van der Waals surface area contributed by atoms with Gasteiger partial charge in [0.05, 0.1) is 6.61 Å². The van der Waals surface area contributed by atoms with Gasteiger partial charge in [0.25, 0.3) is 0 Å². The molecule has 5 heteroatoms. The summed E-state index contributed by atoms with van der Waals surface area (Å²) in [6, 6.07) is 4.39. The van der Waals surface area contributed by atoms with Gasteiger partial charge in [-0.25, -0.2) is 8.78 Å². The molecule has 0 atom stereocenters. The number of benzene rings is 1. The highest BCUT2D eigenvalue weighted by molar-refractivity contribution is 5.36. The standard InChI is InChI=1S/C12H9F2NO2/c13-9-1-2-10(14)12(5-9)17-11-3-4-15-6-8(11)7-16/h1-6,16H,7H2. The molecule has 0 saturated heterocycles. The minimum Gasteiger partial charge on any atom is -0.454 e. The number of aromatic nitrogens is 1. The van der Waals surface area contributed by atoms with E-state index >= 15 is 0 Å². The molecule has 88 valence electrons. The Kier molecular flexibility index (Phi) is 3.30. The van der Waals surface area contributed by atoms with Gasteiger partial charge in [-0.1, -0.05) is 0 Å². The molecule has 1 aromatic carbocycles. The van der Waals surface area contributed by atoms with E-state index < -0.39 is 11.6 Å². The van der Waals surface area contributed by atoms with Gasteiger partial charge in [0.2, 0.25) is 0 Å². The van der Waals surface area contributed by atoms with Crippen molar-refractivity contribution in [3.63, 3.8) is 0 Å². The highest BCUT2D eigenvalue weighted by Crippen LogP contribution is 2.27. The van der Waals surface area contributed by atoms with Gasteiger partial charge in [0.15, 0.2) is 11.6 Å². The summed E-state index contributed by atoms with van der Waals surface area (Å²) in [6.07, 6.45) is 2.83. The molecule has 3 nitrogen and oxygen atoms in total. The van der Waals surface area contributed by atoms with Crippen molar-refractivity contribution in [3.05, 3.63) is 53.9 Å². The first kappa shape index (κ1) is 11.5. The zero-order valence-corrected chi connectivity index (χ0v) is 8.73. The second-order valence-electron chi connectivity index (χ2n) is 3.32. The summed E-state index contributed by atoms with van der Waals surface area (Å²) < 4.78 is 31.4. The Balaban J connectivity index is 2.34.